The fraction of sp³-hybridized carbons (Fsp3) is 0.409. The molecule has 0 saturated heterocycles. The topological polar surface area (TPSA) is 84.9 Å². The molecule has 3 rings (SSSR count). The number of nitrogens with zero attached hydrogens (tertiary/aromatic N) is 1. The van der Waals surface area contributed by atoms with E-state index >= 15 is 0 Å². The summed E-state index contributed by atoms with van der Waals surface area (Å²) in [6.07, 6.45) is 1.11. The quantitative estimate of drug-likeness (QED) is 0.758. The van der Waals surface area contributed by atoms with E-state index in [2.05, 4.69) is 5.32 Å². The number of amides is 1. The van der Waals surface area contributed by atoms with Crippen molar-refractivity contribution in [2.45, 2.75) is 39.8 Å². The predicted octanol–water partition coefficient (Wildman–Crippen LogP) is 3.11. The second kappa shape index (κ2) is 8.55. The lowest BCUT2D eigenvalue weighted by atomic mass is 10.1. The van der Waals surface area contributed by atoms with Crippen LogP contribution >= 0.6 is 0 Å². The summed E-state index contributed by atoms with van der Waals surface area (Å²) in [5.41, 5.74) is 3.05. The summed E-state index contributed by atoms with van der Waals surface area (Å²) >= 11 is 0. The number of anilines is 1. The highest BCUT2D eigenvalue weighted by Crippen LogP contribution is 2.33. The van der Waals surface area contributed by atoms with Crippen LogP contribution in [-0.2, 0) is 14.8 Å². The standard InChI is InChI=1S/C22H28N2O5S/c1-14-6-7-15(2)19(12-14)24(30(5,26)27)17(4)22(25)23-16(3)18-8-9-20-21(13-18)29-11-10-28-20/h6-9,12-13,16-17H,10-11H2,1-5H3,(H,23,25)/t16-,17+/m1/s1. The van der Waals surface area contributed by atoms with Gasteiger partial charge in [0.15, 0.2) is 11.5 Å². The molecule has 0 aliphatic carbocycles. The number of nitrogens with one attached hydrogen (secondary N) is 1. The van der Waals surface area contributed by atoms with E-state index < -0.39 is 16.1 Å². The van der Waals surface area contributed by atoms with Crippen LogP contribution in [0.2, 0.25) is 0 Å². The van der Waals surface area contributed by atoms with Gasteiger partial charge in [0.1, 0.15) is 19.3 Å². The van der Waals surface area contributed by atoms with Crippen molar-refractivity contribution in [3.63, 3.8) is 0 Å². The Morgan fingerprint density at radius 2 is 1.70 bits per heavy atom. The summed E-state index contributed by atoms with van der Waals surface area (Å²) in [6.45, 7) is 8.14. The first-order valence-electron chi connectivity index (χ1n) is 9.84. The molecule has 2 aromatic rings. The number of benzene rings is 2. The Morgan fingerprint density at radius 1 is 1.03 bits per heavy atom. The summed E-state index contributed by atoms with van der Waals surface area (Å²) in [5, 5.41) is 2.92. The van der Waals surface area contributed by atoms with Crippen LogP contribution in [0.5, 0.6) is 11.5 Å². The molecule has 0 saturated carbocycles. The van der Waals surface area contributed by atoms with Gasteiger partial charge in [0.2, 0.25) is 15.9 Å². The number of carbonyl (C=O) groups is 1. The summed E-state index contributed by atoms with van der Waals surface area (Å²) in [7, 11) is -3.68. The highest BCUT2D eigenvalue weighted by Gasteiger charge is 2.31. The van der Waals surface area contributed by atoms with Crippen LogP contribution < -0.4 is 19.1 Å². The Hall–Kier alpha value is -2.74. The zero-order valence-corrected chi connectivity index (χ0v) is 18.7. The van der Waals surface area contributed by atoms with Gasteiger partial charge < -0.3 is 14.8 Å². The van der Waals surface area contributed by atoms with Crippen molar-refractivity contribution in [1.29, 1.82) is 0 Å². The van der Waals surface area contributed by atoms with Gasteiger partial charge in [-0.25, -0.2) is 8.42 Å². The van der Waals surface area contributed by atoms with Crippen molar-refractivity contribution < 1.29 is 22.7 Å². The van der Waals surface area contributed by atoms with E-state index in [-0.39, 0.29) is 11.9 Å². The van der Waals surface area contributed by atoms with Crippen molar-refractivity contribution in [3.05, 3.63) is 53.1 Å². The summed E-state index contributed by atoms with van der Waals surface area (Å²) in [4.78, 5) is 13.0. The number of aryl methyl sites for hydroxylation is 2. The molecule has 1 aliphatic rings. The van der Waals surface area contributed by atoms with E-state index in [1.54, 1.807) is 13.0 Å². The van der Waals surface area contributed by atoms with Crippen molar-refractivity contribution in [1.82, 2.24) is 5.32 Å². The average molecular weight is 433 g/mol. The van der Waals surface area contributed by atoms with Crippen molar-refractivity contribution in [2.75, 3.05) is 23.8 Å². The molecule has 0 aromatic heterocycles. The Bertz CT molecular complexity index is 1050. The van der Waals surface area contributed by atoms with Gasteiger partial charge >= 0.3 is 0 Å². The van der Waals surface area contributed by atoms with Crippen molar-refractivity contribution in [3.8, 4) is 11.5 Å². The Labute approximate surface area is 178 Å². The first-order valence-corrected chi connectivity index (χ1v) is 11.7. The largest absolute Gasteiger partial charge is 0.486 e. The fourth-order valence-corrected chi connectivity index (χ4v) is 4.71. The second-order valence-electron chi connectivity index (χ2n) is 7.66. The summed E-state index contributed by atoms with van der Waals surface area (Å²) in [6, 6.07) is 9.81. The van der Waals surface area contributed by atoms with Crippen LogP contribution in [0.3, 0.4) is 0 Å². The lowest BCUT2D eigenvalue weighted by molar-refractivity contribution is -0.122. The summed E-state index contributed by atoms with van der Waals surface area (Å²) in [5.74, 6) is 0.930. The molecule has 1 aliphatic heterocycles. The van der Waals surface area contributed by atoms with Crippen molar-refractivity contribution in [2.24, 2.45) is 0 Å². The molecule has 0 bridgehead atoms. The van der Waals surface area contributed by atoms with Crippen LogP contribution in [0.4, 0.5) is 5.69 Å². The maximum atomic E-state index is 13.0. The lowest BCUT2D eigenvalue weighted by Gasteiger charge is -2.30. The van der Waals surface area contributed by atoms with Crippen molar-refractivity contribution >= 4 is 21.6 Å². The van der Waals surface area contributed by atoms with Crippen LogP contribution in [0.25, 0.3) is 0 Å². The SMILES string of the molecule is Cc1ccc(C)c(N([C@@H](C)C(=O)N[C@H](C)c2ccc3c(c2)OCCO3)S(C)(=O)=O)c1. The van der Waals surface area contributed by atoms with E-state index in [9.17, 15) is 13.2 Å². The third-order valence-corrected chi connectivity index (χ3v) is 6.34. The minimum absolute atomic E-state index is 0.337. The molecule has 1 N–H and O–H groups in total. The molecule has 7 nitrogen and oxygen atoms in total. The van der Waals surface area contributed by atoms with Crippen LogP contribution in [0, 0.1) is 13.8 Å². The lowest BCUT2D eigenvalue weighted by Crippen LogP contribution is -2.48. The maximum absolute atomic E-state index is 13.0. The molecule has 1 heterocycles. The van der Waals surface area contributed by atoms with E-state index in [0.29, 0.717) is 30.4 Å². The Balaban J connectivity index is 1.83. The van der Waals surface area contributed by atoms with Crippen LogP contribution in [-0.4, -0.2) is 39.8 Å². The van der Waals surface area contributed by atoms with Crippen LogP contribution in [0.1, 0.15) is 36.6 Å². The molecule has 0 radical (unpaired) electrons. The monoisotopic (exact) mass is 432 g/mol. The molecular formula is C22H28N2O5S. The summed E-state index contributed by atoms with van der Waals surface area (Å²) < 4.78 is 37.5. The number of hydrogen-bond acceptors (Lipinski definition) is 5. The molecule has 0 unspecified atom stereocenters. The van der Waals surface area contributed by atoms with E-state index in [1.165, 1.54) is 4.31 Å². The highest BCUT2D eigenvalue weighted by molar-refractivity contribution is 7.92. The zero-order chi connectivity index (χ0) is 22.1. The molecule has 162 valence electrons. The number of sulfonamides is 1. The third-order valence-electron chi connectivity index (χ3n) is 5.12. The molecule has 0 fully saturated rings. The number of hydrogen-bond donors (Lipinski definition) is 1. The van der Waals surface area contributed by atoms with Gasteiger partial charge in [-0.3, -0.25) is 9.10 Å². The minimum Gasteiger partial charge on any atom is -0.486 e. The fourth-order valence-electron chi connectivity index (χ4n) is 3.48. The predicted molar refractivity (Wildman–Crippen MR) is 117 cm³/mol. The van der Waals surface area contributed by atoms with E-state index in [1.807, 2.05) is 51.1 Å². The Kier molecular flexibility index (Phi) is 6.26. The van der Waals surface area contributed by atoms with Gasteiger partial charge in [-0.1, -0.05) is 18.2 Å². The normalized spacial score (nSPS) is 15.2. The van der Waals surface area contributed by atoms with Gasteiger partial charge in [-0.2, -0.15) is 0 Å². The molecule has 1 amide bonds. The third kappa shape index (κ3) is 4.70. The number of fused-ring (bicyclic) bond motifs is 1. The number of rotatable bonds is 6. The minimum atomic E-state index is -3.68. The van der Waals surface area contributed by atoms with Gasteiger partial charge in [0.25, 0.3) is 0 Å². The number of carbonyl (C=O) groups excluding carboxylic acids is 1. The van der Waals surface area contributed by atoms with Gasteiger partial charge in [0, 0.05) is 0 Å². The van der Waals surface area contributed by atoms with Gasteiger partial charge in [0.05, 0.1) is 18.0 Å². The molecule has 0 spiro atoms. The molecule has 2 atom stereocenters. The highest BCUT2D eigenvalue weighted by atomic mass is 32.2. The van der Waals surface area contributed by atoms with E-state index in [4.69, 9.17) is 9.47 Å². The maximum Gasteiger partial charge on any atom is 0.244 e. The molecule has 2 aromatic carbocycles. The van der Waals surface area contributed by atoms with Gasteiger partial charge in [-0.05, 0) is 62.6 Å². The molecule has 8 heteroatoms. The Morgan fingerprint density at radius 3 is 2.37 bits per heavy atom. The number of ether oxygens (including phenoxy) is 2. The smallest absolute Gasteiger partial charge is 0.244 e. The van der Waals surface area contributed by atoms with E-state index in [0.717, 1.165) is 22.9 Å². The first kappa shape index (κ1) is 22.0. The van der Waals surface area contributed by atoms with Crippen LogP contribution in [0.15, 0.2) is 36.4 Å². The second-order valence-corrected chi connectivity index (χ2v) is 9.52. The molecular weight excluding hydrogens is 404 g/mol. The zero-order valence-electron chi connectivity index (χ0n) is 17.9. The van der Waals surface area contributed by atoms with Gasteiger partial charge in [-0.15, -0.1) is 0 Å². The molecule has 30 heavy (non-hydrogen) atoms. The average Bonchev–Trinajstić information content (AvgIpc) is 2.69. The first-order chi connectivity index (χ1) is 14.1.